The van der Waals surface area contributed by atoms with Gasteiger partial charge < -0.3 is 5.32 Å². The zero-order valence-electron chi connectivity index (χ0n) is 10.3. The van der Waals surface area contributed by atoms with Crippen LogP contribution in [0.1, 0.15) is 19.3 Å². The molecule has 19 heavy (non-hydrogen) atoms. The molecule has 0 bridgehead atoms. The molecule has 1 saturated heterocycles. The molecule has 1 heterocycles. The molecule has 106 valence electrons. The Bertz CT molecular complexity index is 543. The van der Waals surface area contributed by atoms with Crippen LogP contribution < -0.4 is 10.0 Å². The molecular formula is C12H16Cl2N2O2S. The summed E-state index contributed by atoms with van der Waals surface area (Å²) in [5, 5.41) is 3.91. The number of hydrogen-bond acceptors (Lipinski definition) is 3. The summed E-state index contributed by atoms with van der Waals surface area (Å²) in [7, 11) is -3.51. The van der Waals surface area contributed by atoms with Gasteiger partial charge in [0.15, 0.2) is 0 Å². The van der Waals surface area contributed by atoms with Crippen molar-refractivity contribution in [3.63, 3.8) is 0 Å². The van der Waals surface area contributed by atoms with E-state index in [0.29, 0.717) is 17.6 Å². The number of nitrogens with one attached hydrogen (secondary N) is 2. The fourth-order valence-electron chi connectivity index (χ4n) is 2.10. The van der Waals surface area contributed by atoms with Gasteiger partial charge in [-0.05, 0) is 44.0 Å². The monoisotopic (exact) mass is 322 g/mol. The van der Waals surface area contributed by atoms with Crippen LogP contribution in [0.25, 0.3) is 0 Å². The third-order valence-corrected chi connectivity index (χ3v) is 5.35. The molecule has 1 aliphatic heterocycles. The lowest BCUT2D eigenvalue weighted by Gasteiger charge is -2.11. The maximum atomic E-state index is 12.0. The highest BCUT2D eigenvalue weighted by Gasteiger charge is 2.17. The maximum absolute atomic E-state index is 12.0. The first kappa shape index (κ1) is 15.1. The van der Waals surface area contributed by atoms with Crippen LogP contribution in [0, 0.1) is 0 Å². The molecule has 2 N–H and O–H groups in total. The van der Waals surface area contributed by atoms with Gasteiger partial charge in [-0.25, -0.2) is 13.1 Å². The van der Waals surface area contributed by atoms with Gasteiger partial charge in [0.1, 0.15) is 0 Å². The molecule has 0 saturated carbocycles. The standard InChI is InChI=1S/C12H16Cl2N2O2S/c13-11-4-3-10(8-12(11)14)19(17,18)16-7-5-9-2-1-6-15-9/h3-4,8-9,15-16H,1-2,5-7H2. The molecule has 1 aliphatic rings. The lowest BCUT2D eigenvalue weighted by Crippen LogP contribution is -2.30. The summed E-state index contributed by atoms with van der Waals surface area (Å²) in [5.41, 5.74) is 0. The Morgan fingerprint density at radius 3 is 2.74 bits per heavy atom. The van der Waals surface area contributed by atoms with Gasteiger partial charge in [-0.2, -0.15) is 0 Å². The first-order valence-electron chi connectivity index (χ1n) is 6.17. The average Bonchev–Trinajstić information content (AvgIpc) is 2.85. The van der Waals surface area contributed by atoms with Gasteiger partial charge in [-0.15, -0.1) is 0 Å². The summed E-state index contributed by atoms with van der Waals surface area (Å²) >= 11 is 11.6. The molecule has 1 atom stereocenters. The molecular weight excluding hydrogens is 307 g/mol. The number of halogens is 2. The minimum Gasteiger partial charge on any atom is -0.314 e. The van der Waals surface area contributed by atoms with Crippen molar-refractivity contribution in [2.45, 2.75) is 30.2 Å². The second kappa shape index (κ2) is 6.41. The summed E-state index contributed by atoms with van der Waals surface area (Å²) in [6, 6.07) is 4.71. The molecule has 2 rings (SSSR count). The molecule has 1 aromatic carbocycles. The van der Waals surface area contributed by atoms with Crippen LogP contribution in [-0.2, 0) is 10.0 Å². The van der Waals surface area contributed by atoms with Crippen molar-refractivity contribution in [2.24, 2.45) is 0 Å². The predicted molar refractivity (Wildman–Crippen MR) is 77.3 cm³/mol. The van der Waals surface area contributed by atoms with Crippen LogP contribution in [0.5, 0.6) is 0 Å². The fraction of sp³-hybridized carbons (Fsp3) is 0.500. The zero-order valence-corrected chi connectivity index (χ0v) is 12.7. The zero-order chi connectivity index (χ0) is 13.9. The Kier molecular flexibility index (Phi) is 5.09. The Morgan fingerprint density at radius 1 is 1.32 bits per heavy atom. The fourth-order valence-corrected chi connectivity index (χ4v) is 3.53. The summed E-state index contributed by atoms with van der Waals surface area (Å²) in [5.74, 6) is 0. The van der Waals surface area contributed by atoms with E-state index in [1.165, 1.54) is 18.2 Å². The summed E-state index contributed by atoms with van der Waals surface area (Å²) in [6.45, 7) is 1.43. The van der Waals surface area contributed by atoms with Gasteiger partial charge in [0.2, 0.25) is 10.0 Å². The normalized spacial score (nSPS) is 19.8. The molecule has 1 unspecified atom stereocenters. The van der Waals surface area contributed by atoms with E-state index in [2.05, 4.69) is 10.0 Å². The van der Waals surface area contributed by atoms with E-state index in [-0.39, 0.29) is 9.92 Å². The number of rotatable bonds is 5. The highest BCUT2D eigenvalue weighted by molar-refractivity contribution is 7.89. The van der Waals surface area contributed by atoms with Crippen LogP contribution in [0.2, 0.25) is 10.0 Å². The van der Waals surface area contributed by atoms with Gasteiger partial charge in [-0.3, -0.25) is 0 Å². The quantitative estimate of drug-likeness (QED) is 0.875. The van der Waals surface area contributed by atoms with Gasteiger partial charge in [-0.1, -0.05) is 23.2 Å². The molecule has 7 heteroatoms. The van der Waals surface area contributed by atoms with Crippen LogP contribution in [-0.4, -0.2) is 27.5 Å². The highest BCUT2D eigenvalue weighted by Crippen LogP contribution is 2.24. The summed E-state index contributed by atoms with van der Waals surface area (Å²) in [4.78, 5) is 0.140. The lowest BCUT2D eigenvalue weighted by molar-refractivity contribution is 0.539. The van der Waals surface area contributed by atoms with Gasteiger partial charge in [0.25, 0.3) is 0 Å². The van der Waals surface area contributed by atoms with Gasteiger partial charge in [0.05, 0.1) is 14.9 Å². The summed E-state index contributed by atoms with van der Waals surface area (Å²) < 4.78 is 26.7. The van der Waals surface area contributed by atoms with Crippen molar-refractivity contribution in [3.05, 3.63) is 28.2 Å². The first-order valence-corrected chi connectivity index (χ1v) is 8.41. The molecule has 0 spiro atoms. The third kappa shape index (κ3) is 4.07. The van der Waals surface area contributed by atoms with E-state index >= 15 is 0 Å². The van der Waals surface area contributed by atoms with E-state index in [1.54, 1.807) is 0 Å². The minimum absolute atomic E-state index is 0.140. The van der Waals surface area contributed by atoms with E-state index in [1.807, 2.05) is 0 Å². The Morgan fingerprint density at radius 2 is 2.11 bits per heavy atom. The topological polar surface area (TPSA) is 58.2 Å². The Labute approximate surface area is 123 Å². The van der Waals surface area contributed by atoms with E-state index in [9.17, 15) is 8.42 Å². The molecule has 1 fully saturated rings. The van der Waals surface area contributed by atoms with Crippen molar-refractivity contribution >= 4 is 33.2 Å². The van der Waals surface area contributed by atoms with Crippen LogP contribution in [0.4, 0.5) is 0 Å². The molecule has 0 radical (unpaired) electrons. The van der Waals surface area contributed by atoms with Crippen LogP contribution in [0.3, 0.4) is 0 Å². The molecule has 0 aromatic heterocycles. The van der Waals surface area contributed by atoms with Crippen LogP contribution in [0.15, 0.2) is 23.1 Å². The number of hydrogen-bond donors (Lipinski definition) is 2. The molecule has 0 amide bonds. The highest BCUT2D eigenvalue weighted by atomic mass is 35.5. The predicted octanol–water partition coefficient (Wildman–Crippen LogP) is 2.41. The first-order chi connectivity index (χ1) is 8.99. The van der Waals surface area contributed by atoms with Crippen molar-refractivity contribution in [2.75, 3.05) is 13.1 Å². The van der Waals surface area contributed by atoms with E-state index in [0.717, 1.165) is 25.8 Å². The third-order valence-electron chi connectivity index (χ3n) is 3.15. The summed E-state index contributed by atoms with van der Waals surface area (Å²) in [6.07, 6.45) is 3.05. The van der Waals surface area contributed by atoms with Crippen LogP contribution >= 0.6 is 23.2 Å². The lowest BCUT2D eigenvalue weighted by atomic mass is 10.2. The Balaban J connectivity index is 1.95. The number of sulfonamides is 1. The second-order valence-electron chi connectivity index (χ2n) is 4.56. The smallest absolute Gasteiger partial charge is 0.240 e. The minimum atomic E-state index is -3.51. The molecule has 1 aromatic rings. The molecule has 0 aliphatic carbocycles. The van der Waals surface area contributed by atoms with Crippen molar-refractivity contribution in [1.82, 2.24) is 10.0 Å². The van der Waals surface area contributed by atoms with Gasteiger partial charge >= 0.3 is 0 Å². The average molecular weight is 323 g/mol. The largest absolute Gasteiger partial charge is 0.314 e. The number of benzene rings is 1. The van der Waals surface area contributed by atoms with Gasteiger partial charge in [0, 0.05) is 12.6 Å². The SMILES string of the molecule is O=S(=O)(NCCC1CCCN1)c1ccc(Cl)c(Cl)c1. The van der Waals surface area contributed by atoms with Crippen molar-refractivity contribution < 1.29 is 8.42 Å². The van der Waals surface area contributed by atoms with Crippen molar-refractivity contribution in [1.29, 1.82) is 0 Å². The second-order valence-corrected chi connectivity index (χ2v) is 7.14. The van der Waals surface area contributed by atoms with Crippen molar-refractivity contribution in [3.8, 4) is 0 Å². The molecule has 4 nitrogen and oxygen atoms in total. The van der Waals surface area contributed by atoms with E-state index < -0.39 is 10.0 Å². The Hall–Kier alpha value is -0.330. The van der Waals surface area contributed by atoms with E-state index in [4.69, 9.17) is 23.2 Å². The maximum Gasteiger partial charge on any atom is 0.240 e.